The maximum Gasteiger partial charge on any atom is 0.168 e. The lowest BCUT2D eigenvalue weighted by Gasteiger charge is -2.33. The third kappa shape index (κ3) is 3.80. The van der Waals surface area contributed by atoms with Gasteiger partial charge in [0, 0.05) is 5.69 Å². The highest BCUT2D eigenvalue weighted by molar-refractivity contribution is 7.19. The van der Waals surface area contributed by atoms with Gasteiger partial charge in [0.05, 0.1) is 36.4 Å². The number of hydrogen-bond acceptors (Lipinski definition) is 5. The molecule has 3 aromatic rings. The molecule has 2 N–H and O–H groups in total. The van der Waals surface area contributed by atoms with Crippen LogP contribution in [0.25, 0.3) is 15.8 Å². The number of nitrogens with one attached hydrogen (secondary N) is 1. The first-order valence-corrected chi connectivity index (χ1v) is 9.88. The molecule has 0 aliphatic carbocycles. The van der Waals surface area contributed by atoms with E-state index in [0.29, 0.717) is 17.1 Å². The molecule has 0 radical (unpaired) electrons. The Morgan fingerprint density at radius 3 is 2.52 bits per heavy atom. The van der Waals surface area contributed by atoms with E-state index in [-0.39, 0.29) is 5.76 Å². The monoisotopic (exact) mass is 377 g/mol. The predicted octanol–water partition coefficient (Wildman–Crippen LogP) is 2.49. The molecule has 0 atom stereocenters. The van der Waals surface area contributed by atoms with Gasteiger partial charge in [-0.05, 0) is 24.3 Å². The Balaban J connectivity index is 1.46. The zero-order chi connectivity index (χ0) is 18.6. The van der Waals surface area contributed by atoms with Gasteiger partial charge in [-0.2, -0.15) is 5.26 Å². The van der Waals surface area contributed by atoms with E-state index < -0.39 is 0 Å². The van der Waals surface area contributed by atoms with Crippen LogP contribution in [0.1, 0.15) is 5.01 Å². The summed E-state index contributed by atoms with van der Waals surface area (Å²) < 4.78 is 1.02. The SMILES string of the molecule is N#CC(=C(O)C[NH+]1CCN(c2ccccc2)CC1)c1nc2ccccc2s1. The van der Waals surface area contributed by atoms with Crippen molar-refractivity contribution in [3.63, 3.8) is 0 Å². The Hall–Kier alpha value is -2.88. The number of anilines is 1. The molecule has 0 bridgehead atoms. The van der Waals surface area contributed by atoms with Crippen molar-refractivity contribution in [3.05, 3.63) is 65.4 Å². The van der Waals surface area contributed by atoms with Gasteiger partial charge in [-0.15, -0.1) is 11.3 Å². The Morgan fingerprint density at radius 1 is 1.11 bits per heavy atom. The van der Waals surface area contributed by atoms with Crippen molar-refractivity contribution in [2.45, 2.75) is 0 Å². The highest BCUT2D eigenvalue weighted by Gasteiger charge is 2.23. The second-order valence-electron chi connectivity index (χ2n) is 6.67. The Labute approximate surface area is 162 Å². The molecular weight excluding hydrogens is 356 g/mol. The number of aromatic nitrogens is 1. The number of fused-ring (bicyclic) bond motifs is 1. The number of hydrogen-bond donors (Lipinski definition) is 2. The lowest BCUT2D eigenvalue weighted by molar-refractivity contribution is -0.897. The van der Waals surface area contributed by atoms with Crippen LogP contribution in [0.2, 0.25) is 0 Å². The van der Waals surface area contributed by atoms with Gasteiger partial charge in [0.1, 0.15) is 23.2 Å². The predicted molar refractivity (Wildman–Crippen MR) is 109 cm³/mol. The van der Waals surface area contributed by atoms with Crippen LogP contribution < -0.4 is 9.80 Å². The number of para-hydroxylation sites is 2. The van der Waals surface area contributed by atoms with Gasteiger partial charge in [-0.25, -0.2) is 4.98 Å². The van der Waals surface area contributed by atoms with E-state index in [1.807, 2.05) is 30.3 Å². The van der Waals surface area contributed by atoms with Crippen LogP contribution in [0.15, 0.2) is 60.4 Å². The van der Waals surface area contributed by atoms with E-state index in [4.69, 9.17) is 0 Å². The fraction of sp³-hybridized carbons (Fsp3) is 0.238. The molecule has 2 aromatic carbocycles. The number of thiazole rings is 1. The molecule has 1 aromatic heterocycles. The average Bonchev–Trinajstić information content (AvgIpc) is 3.13. The molecule has 1 saturated heterocycles. The van der Waals surface area contributed by atoms with E-state index in [1.165, 1.54) is 21.9 Å². The normalized spacial score (nSPS) is 16.2. The number of quaternary nitrogens is 1. The van der Waals surface area contributed by atoms with Crippen molar-refractivity contribution in [3.8, 4) is 6.07 Å². The summed E-state index contributed by atoms with van der Waals surface area (Å²) >= 11 is 1.45. The van der Waals surface area contributed by atoms with Crippen molar-refractivity contribution in [1.29, 1.82) is 5.26 Å². The molecule has 4 rings (SSSR count). The largest absolute Gasteiger partial charge is 0.506 e. The van der Waals surface area contributed by atoms with Crippen LogP contribution in [-0.4, -0.2) is 42.8 Å². The van der Waals surface area contributed by atoms with Crippen molar-refractivity contribution >= 4 is 32.8 Å². The van der Waals surface area contributed by atoms with Gasteiger partial charge >= 0.3 is 0 Å². The molecule has 1 aliphatic rings. The first kappa shape index (κ1) is 17.5. The summed E-state index contributed by atoms with van der Waals surface area (Å²) in [6.45, 7) is 4.20. The minimum atomic E-state index is 0.139. The third-order valence-electron chi connectivity index (χ3n) is 4.92. The molecule has 0 spiro atoms. The van der Waals surface area contributed by atoms with Crippen molar-refractivity contribution in [1.82, 2.24) is 4.98 Å². The lowest BCUT2D eigenvalue weighted by atomic mass is 10.2. The van der Waals surface area contributed by atoms with Crippen LogP contribution in [0.4, 0.5) is 5.69 Å². The van der Waals surface area contributed by atoms with Gasteiger partial charge < -0.3 is 14.9 Å². The average molecular weight is 377 g/mol. The molecular formula is C21H21N4OS+. The van der Waals surface area contributed by atoms with E-state index in [2.05, 4.69) is 40.2 Å². The van der Waals surface area contributed by atoms with Gasteiger partial charge in [-0.3, -0.25) is 0 Å². The molecule has 1 aliphatic heterocycles. The Morgan fingerprint density at radius 2 is 1.81 bits per heavy atom. The van der Waals surface area contributed by atoms with Gasteiger partial charge in [0.2, 0.25) is 0 Å². The first-order valence-electron chi connectivity index (χ1n) is 9.06. The van der Waals surface area contributed by atoms with Crippen LogP contribution in [0.3, 0.4) is 0 Å². The maximum atomic E-state index is 10.6. The van der Waals surface area contributed by atoms with Gasteiger partial charge in [-0.1, -0.05) is 30.3 Å². The van der Waals surface area contributed by atoms with Crippen LogP contribution >= 0.6 is 11.3 Å². The maximum absolute atomic E-state index is 10.6. The van der Waals surface area contributed by atoms with E-state index in [0.717, 1.165) is 36.4 Å². The molecule has 5 nitrogen and oxygen atoms in total. The number of aliphatic hydroxyl groups excluding tert-OH is 1. The molecule has 6 heteroatoms. The van der Waals surface area contributed by atoms with Crippen LogP contribution in [0, 0.1) is 11.3 Å². The van der Waals surface area contributed by atoms with Crippen molar-refractivity contribution < 1.29 is 10.0 Å². The standard InChI is InChI=1S/C21H20N4OS/c22-14-17(21-23-18-8-4-5-9-20(18)27-21)19(26)15-24-10-12-25(13-11-24)16-6-2-1-3-7-16/h1-9,26H,10-13,15H2/p+1. The molecule has 136 valence electrons. The van der Waals surface area contributed by atoms with Gasteiger partial charge in [0.25, 0.3) is 0 Å². The van der Waals surface area contributed by atoms with Crippen LogP contribution in [-0.2, 0) is 0 Å². The molecule has 0 saturated carbocycles. The number of nitrogens with zero attached hydrogens (tertiary/aromatic N) is 3. The molecule has 27 heavy (non-hydrogen) atoms. The number of benzene rings is 2. The minimum absolute atomic E-state index is 0.139. The number of aliphatic hydroxyl groups is 1. The van der Waals surface area contributed by atoms with Crippen molar-refractivity contribution in [2.75, 3.05) is 37.6 Å². The number of piperazine rings is 1. The summed E-state index contributed by atoms with van der Waals surface area (Å²) in [4.78, 5) is 8.16. The Bertz CT molecular complexity index is 965. The number of rotatable bonds is 4. The fourth-order valence-electron chi connectivity index (χ4n) is 3.44. The molecule has 1 fully saturated rings. The van der Waals surface area contributed by atoms with Crippen molar-refractivity contribution in [2.24, 2.45) is 0 Å². The molecule has 0 unspecified atom stereocenters. The van der Waals surface area contributed by atoms with Crippen LogP contribution in [0.5, 0.6) is 0 Å². The van der Waals surface area contributed by atoms with E-state index in [9.17, 15) is 10.4 Å². The topological polar surface area (TPSA) is 64.6 Å². The summed E-state index contributed by atoms with van der Waals surface area (Å²) in [6.07, 6.45) is 0. The minimum Gasteiger partial charge on any atom is -0.506 e. The van der Waals surface area contributed by atoms with E-state index in [1.54, 1.807) is 0 Å². The highest BCUT2D eigenvalue weighted by Crippen LogP contribution is 2.27. The lowest BCUT2D eigenvalue weighted by Crippen LogP contribution is -3.15. The quantitative estimate of drug-likeness (QED) is 0.542. The summed E-state index contributed by atoms with van der Waals surface area (Å²) in [6, 6.07) is 20.3. The number of allylic oxidation sites excluding steroid dienone is 1. The third-order valence-corrected chi connectivity index (χ3v) is 5.97. The Kier molecular flexibility index (Phi) is 5.05. The fourth-order valence-corrected chi connectivity index (χ4v) is 4.42. The second kappa shape index (κ2) is 7.78. The zero-order valence-corrected chi connectivity index (χ0v) is 15.7. The van der Waals surface area contributed by atoms with E-state index >= 15 is 0 Å². The summed E-state index contributed by atoms with van der Waals surface area (Å²) in [5.41, 5.74) is 2.40. The first-order chi connectivity index (χ1) is 13.2. The summed E-state index contributed by atoms with van der Waals surface area (Å²) in [5, 5.41) is 20.8. The summed E-state index contributed by atoms with van der Waals surface area (Å²) in [5.74, 6) is 0.139. The highest BCUT2D eigenvalue weighted by atomic mass is 32.1. The smallest absolute Gasteiger partial charge is 0.168 e. The second-order valence-corrected chi connectivity index (χ2v) is 7.70. The van der Waals surface area contributed by atoms with Gasteiger partial charge in [0.15, 0.2) is 5.76 Å². The zero-order valence-electron chi connectivity index (χ0n) is 14.9. The molecule has 0 amide bonds. The summed E-state index contributed by atoms with van der Waals surface area (Å²) in [7, 11) is 0. The number of nitriles is 1. The molecule has 2 heterocycles.